The molecule has 1 amide bonds. The van der Waals surface area contributed by atoms with Crippen LogP contribution in [-0.4, -0.2) is 32.4 Å². The first-order valence-corrected chi connectivity index (χ1v) is 12.4. The van der Waals surface area contributed by atoms with Crippen LogP contribution in [0.25, 0.3) is 16.9 Å². The average molecular weight is 526 g/mol. The number of carbonyl (C=O) groups is 2. The first-order valence-electron chi connectivity index (χ1n) is 12.0. The number of nitrogens with zero attached hydrogens (tertiary/aromatic N) is 2. The van der Waals surface area contributed by atoms with E-state index in [1.807, 2.05) is 48.7 Å². The molecule has 0 fully saturated rings. The van der Waals surface area contributed by atoms with Crippen molar-refractivity contribution in [2.45, 2.75) is 19.1 Å². The van der Waals surface area contributed by atoms with Gasteiger partial charge in [0.2, 0.25) is 0 Å². The van der Waals surface area contributed by atoms with Crippen molar-refractivity contribution in [3.05, 3.63) is 125 Å². The molecule has 1 unspecified atom stereocenters. The van der Waals surface area contributed by atoms with Crippen molar-refractivity contribution < 1.29 is 19.4 Å². The van der Waals surface area contributed by atoms with Gasteiger partial charge in [0, 0.05) is 29.4 Å². The van der Waals surface area contributed by atoms with Gasteiger partial charge in [-0.25, -0.2) is 9.78 Å². The minimum atomic E-state index is -1.11. The quantitative estimate of drug-likeness (QED) is 0.259. The van der Waals surface area contributed by atoms with E-state index in [-0.39, 0.29) is 6.42 Å². The van der Waals surface area contributed by atoms with Gasteiger partial charge in [-0.2, -0.15) is 0 Å². The molecule has 3 aromatic carbocycles. The van der Waals surface area contributed by atoms with Crippen LogP contribution in [0.15, 0.2) is 103 Å². The average Bonchev–Trinajstić information content (AvgIpc) is 3.36. The predicted octanol–water partition coefficient (Wildman–Crippen LogP) is 5.66. The Morgan fingerprint density at radius 1 is 0.895 bits per heavy atom. The zero-order valence-electron chi connectivity index (χ0n) is 20.3. The highest BCUT2D eigenvalue weighted by molar-refractivity contribution is 6.30. The van der Waals surface area contributed by atoms with Crippen molar-refractivity contribution in [3.8, 4) is 17.0 Å². The molecule has 0 spiro atoms. The number of benzene rings is 3. The summed E-state index contributed by atoms with van der Waals surface area (Å²) in [4.78, 5) is 29.4. The first kappa shape index (κ1) is 25.0. The van der Waals surface area contributed by atoms with E-state index >= 15 is 0 Å². The molecular formula is C30H24ClN3O4. The highest BCUT2D eigenvalue weighted by atomic mass is 35.5. The molecule has 0 radical (unpaired) electrons. The molecule has 2 N–H and O–H groups in total. The molecule has 0 aliphatic rings. The number of carboxylic acid groups (broad SMARTS) is 1. The number of imidazole rings is 1. The van der Waals surface area contributed by atoms with Gasteiger partial charge in [0.05, 0.1) is 11.3 Å². The molecule has 0 saturated heterocycles. The normalized spacial score (nSPS) is 11.7. The fourth-order valence-corrected chi connectivity index (χ4v) is 4.15. The number of aliphatic carboxylic acids is 1. The van der Waals surface area contributed by atoms with E-state index < -0.39 is 17.9 Å². The van der Waals surface area contributed by atoms with Crippen LogP contribution in [0.4, 0.5) is 0 Å². The molecular weight excluding hydrogens is 502 g/mol. The second-order valence-corrected chi connectivity index (χ2v) is 9.24. The van der Waals surface area contributed by atoms with Gasteiger partial charge in [-0.1, -0.05) is 66.2 Å². The lowest BCUT2D eigenvalue weighted by Crippen LogP contribution is -2.42. The van der Waals surface area contributed by atoms with Crippen molar-refractivity contribution in [3.63, 3.8) is 0 Å². The molecule has 0 bridgehead atoms. The smallest absolute Gasteiger partial charge is 0.326 e. The van der Waals surface area contributed by atoms with E-state index in [2.05, 4.69) is 10.3 Å². The van der Waals surface area contributed by atoms with Crippen LogP contribution < -0.4 is 10.1 Å². The summed E-state index contributed by atoms with van der Waals surface area (Å²) in [6, 6.07) is 26.6. The molecule has 1 atom stereocenters. The van der Waals surface area contributed by atoms with Crippen molar-refractivity contribution in [2.75, 3.05) is 0 Å². The zero-order chi connectivity index (χ0) is 26.5. The van der Waals surface area contributed by atoms with Crippen molar-refractivity contribution in [1.29, 1.82) is 0 Å². The summed E-state index contributed by atoms with van der Waals surface area (Å²) >= 11 is 5.97. The standard InChI is InChI=1S/C30H24ClN3O4/c31-24-11-8-22(9-12-24)27-18-34-17-23(10-15-28(34)32-27)29(35)33-26(30(36)37)16-20-6-13-25(14-7-20)38-19-21-4-2-1-3-5-21/h1-15,17-18,26H,16,19H2,(H,33,35)(H,36,37). The van der Waals surface area contributed by atoms with Crippen LogP contribution in [0.5, 0.6) is 5.75 Å². The van der Waals surface area contributed by atoms with E-state index in [4.69, 9.17) is 16.3 Å². The summed E-state index contributed by atoms with van der Waals surface area (Å²) in [6.45, 7) is 0.441. The summed E-state index contributed by atoms with van der Waals surface area (Å²) in [5.41, 5.74) is 4.44. The molecule has 38 heavy (non-hydrogen) atoms. The third kappa shape index (κ3) is 6.02. The maximum Gasteiger partial charge on any atom is 0.326 e. The third-order valence-electron chi connectivity index (χ3n) is 6.07. The Balaban J connectivity index is 1.24. The third-order valence-corrected chi connectivity index (χ3v) is 6.32. The number of hydrogen-bond donors (Lipinski definition) is 2. The van der Waals surface area contributed by atoms with Crippen LogP contribution in [-0.2, 0) is 17.8 Å². The Labute approximate surface area is 224 Å². The van der Waals surface area contributed by atoms with Gasteiger partial charge in [-0.15, -0.1) is 0 Å². The van der Waals surface area contributed by atoms with Crippen LogP contribution in [0, 0.1) is 0 Å². The molecule has 5 aromatic rings. The second-order valence-electron chi connectivity index (χ2n) is 8.80. The largest absolute Gasteiger partial charge is 0.489 e. The number of ether oxygens (including phenoxy) is 1. The maximum absolute atomic E-state index is 12.9. The summed E-state index contributed by atoms with van der Waals surface area (Å²) in [5, 5.41) is 13.0. The Kier molecular flexibility index (Phi) is 7.38. The first-order chi connectivity index (χ1) is 18.4. The van der Waals surface area contributed by atoms with Gasteiger partial charge in [-0.05, 0) is 47.5 Å². The molecule has 7 nitrogen and oxygen atoms in total. The predicted molar refractivity (Wildman–Crippen MR) is 145 cm³/mol. The Morgan fingerprint density at radius 3 is 2.34 bits per heavy atom. The number of amides is 1. The van der Waals surface area contributed by atoms with Crippen LogP contribution in [0.2, 0.25) is 5.02 Å². The van der Waals surface area contributed by atoms with E-state index in [9.17, 15) is 14.7 Å². The van der Waals surface area contributed by atoms with Gasteiger partial charge < -0.3 is 19.6 Å². The van der Waals surface area contributed by atoms with Crippen LogP contribution in [0.3, 0.4) is 0 Å². The van der Waals surface area contributed by atoms with Crippen molar-refractivity contribution in [2.24, 2.45) is 0 Å². The molecule has 8 heteroatoms. The number of nitrogens with one attached hydrogen (secondary N) is 1. The molecule has 0 aliphatic carbocycles. The summed E-state index contributed by atoms with van der Waals surface area (Å²) < 4.78 is 7.53. The number of pyridine rings is 1. The van der Waals surface area contributed by atoms with Gasteiger partial charge in [0.1, 0.15) is 24.0 Å². The second kappa shape index (κ2) is 11.2. The van der Waals surface area contributed by atoms with Gasteiger partial charge in [0.15, 0.2) is 0 Å². The highest BCUT2D eigenvalue weighted by Crippen LogP contribution is 2.22. The van der Waals surface area contributed by atoms with E-state index in [0.29, 0.717) is 28.6 Å². The Bertz CT molecular complexity index is 1570. The maximum atomic E-state index is 12.9. The number of fused-ring (bicyclic) bond motifs is 1. The summed E-state index contributed by atoms with van der Waals surface area (Å²) in [5.74, 6) is -0.916. The topological polar surface area (TPSA) is 92.9 Å². The van der Waals surface area contributed by atoms with Crippen LogP contribution >= 0.6 is 11.6 Å². The number of halogens is 1. The van der Waals surface area contributed by atoms with Crippen molar-refractivity contribution in [1.82, 2.24) is 14.7 Å². The van der Waals surface area contributed by atoms with Gasteiger partial charge >= 0.3 is 5.97 Å². The lowest BCUT2D eigenvalue weighted by Gasteiger charge is -2.15. The zero-order valence-corrected chi connectivity index (χ0v) is 21.0. The number of rotatable bonds is 9. The summed E-state index contributed by atoms with van der Waals surface area (Å²) in [7, 11) is 0. The highest BCUT2D eigenvalue weighted by Gasteiger charge is 2.22. The fourth-order valence-electron chi connectivity index (χ4n) is 4.03. The number of carboxylic acids is 1. The number of carbonyl (C=O) groups excluding carboxylic acids is 1. The number of aromatic nitrogens is 2. The van der Waals surface area contributed by atoms with E-state index in [0.717, 1.165) is 22.4 Å². The molecule has 5 rings (SSSR count). The molecule has 0 saturated carbocycles. The lowest BCUT2D eigenvalue weighted by atomic mass is 10.1. The molecule has 2 heterocycles. The molecule has 0 aliphatic heterocycles. The van der Waals surface area contributed by atoms with Gasteiger partial charge in [0.25, 0.3) is 5.91 Å². The van der Waals surface area contributed by atoms with Crippen molar-refractivity contribution >= 4 is 29.1 Å². The minimum Gasteiger partial charge on any atom is -0.489 e. The molecule has 2 aromatic heterocycles. The van der Waals surface area contributed by atoms with E-state index in [1.165, 1.54) is 0 Å². The SMILES string of the molecule is O=C(NC(Cc1ccc(OCc2ccccc2)cc1)C(=O)O)c1ccc2nc(-c3ccc(Cl)cc3)cn2c1. The monoisotopic (exact) mass is 525 g/mol. The van der Waals surface area contributed by atoms with E-state index in [1.54, 1.807) is 59.1 Å². The fraction of sp³-hybridized carbons (Fsp3) is 0.100. The number of hydrogen-bond acceptors (Lipinski definition) is 4. The Morgan fingerprint density at radius 2 is 1.63 bits per heavy atom. The van der Waals surface area contributed by atoms with Crippen LogP contribution in [0.1, 0.15) is 21.5 Å². The minimum absolute atomic E-state index is 0.133. The lowest BCUT2D eigenvalue weighted by molar-refractivity contribution is -0.139. The molecule has 190 valence electrons. The van der Waals surface area contributed by atoms with Gasteiger partial charge in [-0.3, -0.25) is 4.79 Å². The Hall–Kier alpha value is -4.62. The summed E-state index contributed by atoms with van der Waals surface area (Å²) in [6.07, 6.45) is 3.58.